The quantitative estimate of drug-likeness (QED) is 0.357. The lowest BCUT2D eigenvalue weighted by Crippen LogP contribution is -2.14. The molecule has 0 fully saturated rings. The summed E-state index contributed by atoms with van der Waals surface area (Å²) in [5, 5.41) is 7.91. The highest BCUT2D eigenvalue weighted by molar-refractivity contribution is 5.61. The Kier molecular flexibility index (Phi) is 9.81. The molecule has 0 amide bonds. The van der Waals surface area contributed by atoms with Crippen LogP contribution in [-0.4, -0.2) is 12.4 Å². The molecule has 0 saturated carbocycles. The van der Waals surface area contributed by atoms with Crippen LogP contribution in [0.5, 0.6) is 0 Å². The summed E-state index contributed by atoms with van der Waals surface area (Å²) in [4.78, 5) is 0. The lowest BCUT2D eigenvalue weighted by Gasteiger charge is -2.26. The van der Waals surface area contributed by atoms with E-state index in [1.165, 1.54) is 38.5 Å². The maximum absolute atomic E-state index is 4.03. The summed E-state index contributed by atoms with van der Waals surface area (Å²) in [6, 6.07) is 0. The summed E-state index contributed by atoms with van der Waals surface area (Å²) in [6.07, 6.45) is 11.6. The van der Waals surface area contributed by atoms with Crippen LogP contribution in [0.3, 0.4) is 0 Å². The molecule has 0 aliphatic carbocycles. The van der Waals surface area contributed by atoms with E-state index >= 15 is 0 Å². The Labute approximate surface area is 120 Å². The first kappa shape index (κ1) is 18.3. The molecule has 0 radical (unpaired) electrons. The van der Waals surface area contributed by atoms with Crippen molar-refractivity contribution in [1.29, 1.82) is 0 Å². The zero-order valence-corrected chi connectivity index (χ0v) is 13.9. The van der Waals surface area contributed by atoms with Crippen molar-refractivity contribution in [2.45, 2.75) is 80.1 Å². The molecule has 0 bridgehead atoms. The SMILES string of the molecule is C/C=N\N=C/C(C)CCC(C)(C)CCC[C@H](C)CC. The van der Waals surface area contributed by atoms with Gasteiger partial charge in [0.05, 0.1) is 0 Å². The van der Waals surface area contributed by atoms with Crippen LogP contribution < -0.4 is 0 Å². The third-order valence-electron chi connectivity index (χ3n) is 4.03. The molecular formula is C17H34N2. The van der Waals surface area contributed by atoms with Crippen LogP contribution in [0, 0.1) is 17.3 Å². The predicted octanol–water partition coefficient (Wildman–Crippen LogP) is 5.72. The monoisotopic (exact) mass is 266 g/mol. The standard InChI is InChI=1S/C17H34N2/c1-7-15(3)10-9-12-17(5,6)13-11-16(4)14-19-18-8-2/h8,14-16H,7,9-13H2,1-6H3/b18-8-,19-14-/t15-,16?/m1/s1. The third kappa shape index (κ3) is 10.9. The van der Waals surface area contributed by atoms with Crippen LogP contribution >= 0.6 is 0 Å². The maximum Gasteiger partial charge on any atom is 0.0298 e. The van der Waals surface area contributed by atoms with Crippen molar-refractivity contribution >= 4 is 12.4 Å². The zero-order chi connectivity index (χ0) is 14.7. The van der Waals surface area contributed by atoms with Crippen molar-refractivity contribution in [2.24, 2.45) is 27.5 Å². The van der Waals surface area contributed by atoms with Gasteiger partial charge in [-0.3, -0.25) is 0 Å². The van der Waals surface area contributed by atoms with Gasteiger partial charge in [-0.2, -0.15) is 10.2 Å². The van der Waals surface area contributed by atoms with Crippen molar-refractivity contribution in [3.63, 3.8) is 0 Å². The van der Waals surface area contributed by atoms with Crippen molar-refractivity contribution in [3.8, 4) is 0 Å². The molecule has 0 heterocycles. The summed E-state index contributed by atoms with van der Waals surface area (Å²) < 4.78 is 0. The van der Waals surface area contributed by atoms with Crippen LogP contribution in [0.1, 0.15) is 80.1 Å². The van der Waals surface area contributed by atoms with Crippen LogP contribution in [0.25, 0.3) is 0 Å². The van der Waals surface area contributed by atoms with E-state index in [1.54, 1.807) is 6.21 Å². The topological polar surface area (TPSA) is 24.7 Å². The van der Waals surface area contributed by atoms with Gasteiger partial charge in [-0.25, -0.2) is 0 Å². The summed E-state index contributed by atoms with van der Waals surface area (Å²) in [5.74, 6) is 1.41. The smallest absolute Gasteiger partial charge is 0.0298 e. The molecule has 2 heteroatoms. The lowest BCUT2D eigenvalue weighted by molar-refractivity contribution is 0.272. The van der Waals surface area contributed by atoms with Crippen LogP contribution in [0.4, 0.5) is 0 Å². The average Bonchev–Trinajstić information content (AvgIpc) is 2.36. The van der Waals surface area contributed by atoms with Crippen molar-refractivity contribution in [3.05, 3.63) is 0 Å². The van der Waals surface area contributed by atoms with Gasteiger partial charge < -0.3 is 0 Å². The second-order valence-corrected chi connectivity index (χ2v) is 6.72. The van der Waals surface area contributed by atoms with Crippen molar-refractivity contribution in [1.82, 2.24) is 0 Å². The van der Waals surface area contributed by atoms with Crippen LogP contribution in [-0.2, 0) is 0 Å². The fourth-order valence-electron chi connectivity index (χ4n) is 2.17. The number of rotatable bonds is 10. The normalized spacial score (nSPS) is 16.3. The Morgan fingerprint density at radius 1 is 1.05 bits per heavy atom. The van der Waals surface area contributed by atoms with E-state index in [4.69, 9.17) is 0 Å². The van der Waals surface area contributed by atoms with Gasteiger partial charge in [0, 0.05) is 12.4 Å². The minimum Gasteiger partial charge on any atom is -0.164 e. The summed E-state index contributed by atoms with van der Waals surface area (Å²) in [6.45, 7) is 13.6. The minimum absolute atomic E-state index is 0.462. The maximum atomic E-state index is 4.03. The largest absolute Gasteiger partial charge is 0.164 e. The Morgan fingerprint density at radius 2 is 1.74 bits per heavy atom. The van der Waals surface area contributed by atoms with E-state index in [1.807, 2.05) is 13.1 Å². The van der Waals surface area contributed by atoms with E-state index in [0.717, 1.165) is 5.92 Å². The fraction of sp³-hybridized carbons (Fsp3) is 0.882. The van der Waals surface area contributed by atoms with E-state index < -0.39 is 0 Å². The van der Waals surface area contributed by atoms with Gasteiger partial charge in [0.25, 0.3) is 0 Å². The van der Waals surface area contributed by atoms with Gasteiger partial charge in [0.1, 0.15) is 0 Å². The van der Waals surface area contributed by atoms with Gasteiger partial charge in [0.2, 0.25) is 0 Å². The van der Waals surface area contributed by atoms with Gasteiger partial charge >= 0.3 is 0 Å². The Bertz CT molecular complexity index is 266. The Morgan fingerprint density at radius 3 is 2.32 bits per heavy atom. The van der Waals surface area contributed by atoms with E-state index in [0.29, 0.717) is 11.3 Å². The lowest BCUT2D eigenvalue weighted by atomic mass is 9.80. The zero-order valence-electron chi connectivity index (χ0n) is 13.9. The Hall–Kier alpha value is -0.660. The molecule has 0 aromatic heterocycles. The molecule has 0 N–H and O–H groups in total. The molecule has 112 valence electrons. The number of hydrogen-bond donors (Lipinski definition) is 0. The average molecular weight is 266 g/mol. The van der Waals surface area contributed by atoms with Gasteiger partial charge in [-0.05, 0) is 43.4 Å². The molecule has 0 aromatic carbocycles. The highest BCUT2D eigenvalue weighted by Crippen LogP contribution is 2.31. The number of hydrogen-bond acceptors (Lipinski definition) is 2. The molecule has 0 aliphatic heterocycles. The van der Waals surface area contributed by atoms with Gasteiger partial charge in [-0.1, -0.05) is 53.9 Å². The van der Waals surface area contributed by atoms with Gasteiger partial charge in [-0.15, -0.1) is 0 Å². The first-order valence-corrected chi connectivity index (χ1v) is 7.92. The summed E-state index contributed by atoms with van der Waals surface area (Å²) >= 11 is 0. The molecular weight excluding hydrogens is 232 g/mol. The molecule has 0 aromatic rings. The van der Waals surface area contributed by atoms with Crippen molar-refractivity contribution in [2.75, 3.05) is 0 Å². The van der Waals surface area contributed by atoms with E-state index in [-0.39, 0.29) is 0 Å². The van der Waals surface area contributed by atoms with E-state index in [2.05, 4.69) is 44.8 Å². The van der Waals surface area contributed by atoms with E-state index in [9.17, 15) is 0 Å². The van der Waals surface area contributed by atoms with Gasteiger partial charge in [0.15, 0.2) is 0 Å². The molecule has 0 saturated heterocycles. The van der Waals surface area contributed by atoms with Crippen LogP contribution in [0.2, 0.25) is 0 Å². The first-order chi connectivity index (χ1) is 8.91. The second kappa shape index (κ2) is 10.2. The summed E-state index contributed by atoms with van der Waals surface area (Å²) in [5.41, 5.74) is 0.462. The summed E-state index contributed by atoms with van der Waals surface area (Å²) in [7, 11) is 0. The Balaban J connectivity index is 3.88. The molecule has 0 spiro atoms. The molecule has 0 rings (SSSR count). The van der Waals surface area contributed by atoms with Crippen LogP contribution in [0.15, 0.2) is 10.2 Å². The highest BCUT2D eigenvalue weighted by atomic mass is 15.2. The highest BCUT2D eigenvalue weighted by Gasteiger charge is 2.18. The third-order valence-corrected chi connectivity index (χ3v) is 4.03. The van der Waals surface area contributed by atoms with Crippen molar-refractivity contribution < 1.29 is 0 Å². The fourth-order valence-corrected chi connectivity index (χ4v) is 2.17. The minimum atomic E-state index is 0.462. The molecule has 2 atom stereocenters. The predicted molar refractivity (Wildman–Crippen MR) is 88.1 cm³/mol. The molecule has 2 nitrogen and oxygen atoms in total. The first-order valence-electron chi connectivity index (χ1n) is 7.92. The number of nitrogens with zero attached hydrogens (tertiary/aromatic N) is 2. The molecule has 0 aliphatic rings. The molecule has 1 unspecified atom stereocenters. The molecule has 19 heavy (non-hydrogen) atoms. The second-order valence-electron chi connectivity index (χ2n) is 6.72.